The van der Waals surface area contributed by atoms with Crippen molar-refractivity contribution in [1.82, 2.24) is 5.32 Å². The predicted molar refractivity (Wildman–Crippen MR) is 122 cm³/mol. The van der Waals surface area contributed by atoms with E-state index in [2.05, 4.69) is 5.32 Å². The summed E-state index contributed by atoms with van der Waals surface area (Å²) in [6.45, 7) is 7.26. The molecule has 7 heteroatoms. The molecule has 2 aromatic carbocycles. The number of benzene rings is 2. The van der Waals surface area contributed by atoms with Gasteiger partial charge in [-0.05, 0) is 62.6 Å². The van der Waals surface area contributed by atoms with E-state index in [1.807, 2.05) is 63.2 Å². The van der Waals surface area contributed by atoms with Crippen LogP contribution in [-0.2, 0) is 27.3 Å². The third kappa shape index (κ3) is 8.77. The second kappa shape index (κ2) is 13.2. The van der Waals surface area contributed by atoms with Crippen LogP contribution in [0.25, 0.3) is 0 Å². The summed E-state index contributed by atoms with van der Waals surface area (Å²) in [5.74, 6) is 1.20. The topological polar surface area (TPSA) is 66.0 Å². The van der Waals surface area contributed by atoms with Crippen molar-refractivity contribution in [2.75, 3.05) is 26.9 Å². The molecule has 0 bridgehead atoms. The highest BCUT2D eigenvalue weighted by Crippen LogP contribution is 2.29. The normalized spacial score (nSPS) is 11.9. The van der Waals surface area contributed by atoms with Crippen molar-refractivity contribution in [3.05, 3.63) is 58.6 Å². The highest BCUT2D eigenvalue weighted by molar-refractivity contribution is 6.30. The van der Waals surface area contributed by atoms with E-state index in [0.29, 0.717) is 42.7 Å². The molecule has 1 atom stereocenters. The highest BCUT2D eigenvalue weighted by Gasteiger charge is 2.18. The summed E-state index contributed by atoms with van der Waals surface area (Å²) < 4.78 is 22.4. The molecular weight excluding hydrogens is 418 g/mol. The molecule has 6 nitrogen and oxygen atoms in total. The number of halogens is 1. The summed E-state index contributed by atoms with van der Waals surface area (Å²) >= 11 is 5.89. The fourth-order valence-corrected chi connectivity index (χ4v) is 3.05. The quantitative estimate of drug-likeness (QED) is 0.490. The van der Waals surface area contributed by atoms with E-state index in [4.69, 9.17) is 30.5 Å². The number of carbonyl (C=O) groups is 1. The summed E-state index contributed by atoms with van der Waals surface area (Å²) in [7, 11) is 1.62. The molecule has 0 saturated heterocycles. The van der Waals surface area contributed by atoms with Crippen molar-refractivity contribution in [3.8, 4) is 11.5 Å². The van der Waals surface area contributed by atoms with E-state index in [1.54, 1.807) is 7.11 Å². The van der Waals surface area contributed by atoms with Crippen LogP contribution >= 0.6 is 11.6 Å². The molecule has 1 amide bonds. The zero-order valence-corrected chi connectivity index (χ0v) is 19.4. The Morgan fingerprint density at radius 3 is 2.42 bits per heavy atom. The van der Waals surface area contributed by atoms with E-state index in [1.165, 1.54) is 0 Å². The number of carbonyl (C=O) groups excluding carboxylic acids is 1. The number of hydrogen-bond donors (Lipinski definition) is 1. The highest BCUT2D eigenvalue weighted by atomic mass is 35.5. The monoisotopic (exact) mass is 449 g/mol. The van der Waals surface area contributed by atoms with Gasteiger partial charge in [0.15, 0.2) is 17.6 Å². The van der Waals surface area contributed by atoms with Crippen molar-refractivity contribution in [2.24, 2.45) is 0 Å². The number of nitrogens with one attached hydrogen (secondary N) is 1. The van der Waals surface area contributed by atoms with Crippen molar-refractivity contribution in [3.63, 3.8) is 0 Å². The maximum absolute atomic E-state index is 12.5. The van der Waals surface area contributed by atoms with Gasteiger partial charge in [0.2, 0.25) is 0 Å². The first-order valence-electron chi connectivity index (χ1n) is 10.5. The Morgan fingerprint density at radius 1 is 1.06 bits per heavy atom. The molecule has 31 heavy (non-hydrogen) atoms. The Bertz CT molecular complexity index is 810. The van der Waals surface area contributed by atoms with Gasteiger partial charge in [-0.3, -0.25) is 4.79 Å². The average Bonchev–Trinajstić information content (AvgIpc) is 2.75. The summed E-state index contributed by atoms with van der Waals surface area (Å²) in [4.78, 5) is 12.5. The van der Waals surface area contributed by atoms with Gasteiger partial charge in [-0.15, -0.1) is 0 Å². The van der Waals surface area contributed by atoms with Crippen molar-refractivity contribution >= 4 is 17.5 Å². The van der Waals surface area contributed by atoms with E-state index < -0.39 is 6.10 Å². The Balaban J connectivity index is 1.82. The lowest BCUT2D eigenvalue weighted by molar-refractivity contribution is -0.137. The summed E-state index contributed by atoms with van der Waals surface area (Å²) in [6, 6.07) is 13.2. The zero-order valence-electron chi connectivity index (χ0n) is 18.7. The lowest BCUT2D eigenvalue weighted by atomic mass is 10.1. The smallest absolute Gasteiger partial charge is 0.251 e. The third-order valence-electron chi connectivity index (χ3n) is 4.42. The molecule has 0 spiro atoms. The Kier molecular flexibility index (Phi) is 10.6. The van der Waals surface area contributed by atoms with Crippen LogP contribution in [-0.4, -0.2) is 45.0 Å². The summed E-state index contributed by atoms with van der Waals surface area (Å²) in [6.07, 6.45) is 0.0687. The van der Waals surface area contributed by atoms with Gasteiger partial charge in [-0.1, -0.05) is 29.8 Å². The Hall–Kier alpha value is -2.28. The average molecular weight is 450 g/mol. The molecule has 0 aliphatic heterocycles. The first-order valence-corrected chi connectivity index (χ1v) is 10.9. The van der Waals surface area contributed by atoms with Gasteiger partial charge in [0.25, 0.3) is 5.91 Å². The molecule has 2 aromatic rings. The van der Waals surface area contributed by atoms with Gasteiger partial charge >= 0.3 is 0 Å². The van der Waals surface area contributed by atoms with Gasteiger partial charge in [0.05, 0.1) is 26.4 Å². The van der Waals surface area contributed by atoms with Crippen LogP contribution in [0.5, 0.6) is 11.5 Å². The van der Waals surface area contributed by atoms with Crippen LogP contribution in [0.3, 0.4) is 0 Å². The van der Waals surface area contributed by atoms with Crippen LogP contribution in [0.4, 0.5) is 0 Å². The maximum Gasteiger partial charge on any atom is 0.251 e. The van der Waals surface area contributed by atoms with Gasteiger partial charge in [0, 0.05) is 18.2 Å². The standard InChI is InChI=1S/C24H32ClNO5/c1-5-30-23(16-29-15-19-6-9-20(25)10-7-19)24(27)26-13-12-18-8-11-21(31-17(2)3)22(14-18)28-4/h6-11,14,17,23H,5,12-13,15-16H2,1-4H3,(H,26,27)/t23-/m0/s1. The molecule has 170 valence electrons. The van der Waals surface area contributed by atoms with Crippen molar-refractivity contribution < 1.29 is 23.7 Å². The van der Waals surface area contributed by atoms with Gasteiger partial charge < -0.3 is 24.3 Å². The number of hydrogen-bond acceptors (Lipinski definition) is 5. The first kappa shape index (κ1) is 25.0. The second-order valence-electron chi connectivity index (χ2n) is 7.28. The number of methoxy groups -OCH3 is 1. The first-order chi connectivity index (χ1) is 14.9. The second-order valence-corrected chi connectivity index (χ2v) is 7.71. The Morgan fingerprint density at radius 2 is 1.77 bits per heavy atom. The predicted octanol–water partition coefficient (Wildman–Crippen LogP) is 4.42. The van der Waals surface area contributed by atoms with Crippen molar-refractivity contribution in [2.45, 2.75) is 46.0 Å². The van der Waals surface area contributed by atoms with Gasteiger partial charge in [0.1, 0.15) is 0 Å². The number of amides is 1. The minimum atomic E-state index is -0.659. The van der Waals surface area contributed by atoms with Gasteiger partial charge in [-0.2, -0.15) is 0 Å². The molecule has 0 aromatic heterocycles. The number of rotatable bonds is 13. The van der Waals surface area contributed by atoms with E-state index in [9.17, 15) is 4.79 Å². The van der Waals surface area contributed by atoms with Crippen molar-refractivity contribution in [1.29, 1.82) is 0 Å². The molecule has 1 N–H and O–H groups in total. The summed E-state index contributed by atoms with van der Waals surface area (Å²) in [5.41, 5.74) is 2.03. The molecular formula is C24H32ClNO5. The third-order valence-corrected chi connectivity index (χ3v) is 4.67. The van der Waals surface area contributed by atoms with Crippen LogP contribution in [0, 0.1) is 0 Å². The molecule has 0 fully saturated rings. The molecule has 0 aliphatic carbocycles. The van der Waals surface area contributed by atoms with Crippen LogP contribution < -0.4 is 14.8 Å². The number of ether oxygens (including phenoxy) is 4. The van der Waals surface area contributed by atoms with Crippen LogP contribution in [0.15, 0.2) is 42.5 Å². The fraction of sp³-hybridized carbons (Fsp3) is 0.458. The van der Waals surface area contributed by atoms with E-state index in [0.717, 1.165) is 11.1 Å². The molecule has 0 unspecified atom stereocenters. The minimum Gasteiger partial charge on any atom is -0.493 e. The molecule has 0 saturated carbocycles. The Labute approximate surface area is 189 Å². The van der Waals surface area contributed by atoms with Crippen LogP contribution in [0.1, 0.15) is 31.9 Å². The SMILES string of the molecule is CCO[C@@H](COCc1ccc(Cl)cc1)C(=O)NCCc1ccc(OC(C)C)c(OC)c1. The molecule has 0 heterocycles. The van der Waals surface area contributed by atoms with Crippen LogP contribution in [0.2, 0.25) is 5.02 Å². The van der Waals surface area contributed by atoms with E-state index in [-0.39, 0.29) is 18.6 Å². The maximum atomic E-state index is 12.5. The molecule has 0 aliphatic rings. The molecule has 0 radical (unpaired) electrons. The minimum absolute atomic E-state index is 0.0662. The lowest BCUT2D eigenvalue weighted by Crippen LogP contribution is -2.40. The summed E-state index contributed by atoms with van der Waals surface area (Å²) in [5, 5.41) is 3.60. The lowest BCUT2D eigenvalue weighted by Gasteiger charge is -2.17. The largest absolute Gasteiger partial charge is 0.493 e. The zero-order chi connectivity index (χ0) is 22.6. The molecule has 2 rings (SSSR count). The van der Waals surface area contributed by atoms with E-state index >= 15 is 0 Å². The fourth-order valence-electron chi connectivity index (χ4n) is 2.93. The van der Waals surface area contributed by atoms with Gasteiger partial charge in [-0.25, -0.2) is 0 Å².